The van der Waals surface area contributed by atoms with Crippen molar-refractivity contribution >= 4 is 29.1 Å². The highest BCUT2D eigenvalue weighted by Gasteiger charge is 2.35. The minimum Gasteiger partial charge on any atom is -0.352 e. The molecule has 188 valence electrons. The van der Waals surface area contributed by atoms with Gasteiger partial charge in [0.05, 0.1) is 10.0 Å². The molecule has 0 bridgehead atoms. The Morgan fingerprint density at radius 2 is 1.69 bits per heavy atom. The van der Waals surface area contributed by atoms with Gasteiger partial charge in [-0.3, -0.25) is 4.79 Å². The van der Waals surface area contributed by atoms with Gasteiger partial charge in [0.1, 0.15) is 0 Å². The standard InChI is InChI=1S/C31H34Cl2N2O/c1-31(2)26-10-4-3-8-24(26)25-13-12-22(20-27(25)31)30(36)34-16-5-6-17-35-18-14-21(15-19-35)23-9-7-11-28(32)29(23)33/h3-4,7-13,20-21H,5-6,14-19H2,1-2H3,(H,34,36). The van der Waals surface area contributed by atoms with Crippen molar-refractivity contribution in [1.29, 1.82) is 0 Å². The molecule has 0 unspecified atom stereocenters. The van der Waals surface area contributed by atoms with Gasteiger partial charge in [-0.2, -0.15) is 0 Å². The molecule has 1 amide bonds. The predicted molar refractivity (Wildman–Crippen MR) is 150 cm³/mol. The number of likely N-dealkylation sites (tertiary alicyclic amines) is 1. The zero-order valence-corrected chi connectivity index (χ0v) is 22.6. The third-order valence-corrected chi connectivity index (χ3v) is 8.87. The summed E-state index contributed by atoms with van der Waals surface area (Å²) in [7, 11) is 0. The lowest BCUT2D eigenvalue weighted by molar-refractivity contribution is 0.0952. The summed E-state index contributed by atoms with van der Waals surface area (Å²) in [5.41, 5.74) is 6.93. The summed E-state index contributed by atoms with van der Waals surface area (Å²) in [4.78, 5) is 15.4. The first kappa shape index (κ1) is 25.3. The average Bonchev–Trinajstić information content (AvgIpc) is 3.12. The van der Waals surface area contributed by atoms with Gasteiger partial charge in [-0.05, 0) is 97.3 Å². The zero-order valence-electron chi connectivity index (χ0n) is 21.1. The second kappa shape index (κ2) is 10.6. The number of carbonyl (C=O) groups excluding carboxylic acids is 1. The molecule has 36 heavy (non-hydrogen) atoms. The highest BCUT2D eigenvalue weighted by atomic mass is 35.5. The lowest BCUT2D eigenvalue weighted by Crippen LogP contribution is -2.34. The van der Waals surface area contributed by atoms with Crippen molar-refractivity contribution in [3.8, 4) is 11.1 Å². The maximum atomic E-state index is 12.9. The van der Waals surface area contributed by atoms with E-state index >= 15 is 0 Å². The van der Waals surface area contributed by atoms with Gasteiger partial charge in [-0.1, -0.05) is 79.5 Å². The Bertz CT molecular complexity index is 1260. The van der Waals surface area contributed by atoms with Crippen LogP contribution in [0.25, 0.3) is 11.1 Å². The lowest BCUT2D eigenvalue weighted by atomic mass is 9.82. The van der Waals surface area contributed by atoms with Gasteiger partial charge < -0.3 is 10.2 Å². The summed E-state index contributed by atoms with van der Waals surface area (Å²) in [6, 6.07) is 20.7. The summed E-state index contributed by atoms with van der Waals surface area (Å²) in [5.74, 6) is 0.501. The van der Waals surface area contributed by atoms with Gasteiger partial charge in [-0.15, -0.1) is 0 Å². The number of carbonyl (C=O) groups is 1. The van der Waals surface area contributed by atoms with E-state index in [9.17, 15) is 4.79 Å². The number of rotatable bonds is 7. The molecule has 3 aromatic rings. The Morgan fingerprint density at radius 3 is 2.50 bits per heavy atom. The van der Waals surface area contributed by atoms with Crippen molar-refractivity contribution in [2.45, 2.75) is 50.9 Å². The largest absolute Gasteiger partial charge is 0.352 e. The van der Waals surface area contributed by atoms with E-state index in [0.29, 0.717) is 22.5 Å². The highest BCUT2D eigenvalue weighted by Crippen LogP contribution is 2.48. The Labute approximate surface area is 224 Å². The Morgan fingerprint density at radius 1 is 0.944 bits per heavy atom. The van der Waals surface area contributed by atoms with Crippen molar-refractivity contribution in [3.63, 3.8) is 0 Å². The Hall–Kier alpha value is -2.33. The van der Waals surface area contributed by atoms with E-state index in [1.54, 1.807) is 0 Å². The maximum absolute atomic E-state index is 12.9. The van der Waals surface area contributed by atoms with Gasteiger partial charge in [0.15, 0.2) is 0 Å². The van der Waals surface area contributed by atoms with Crippen molar-refractivity contribution in [3.05, 3.63) is 93.0 Å². The van der Waals surface area contributed by atoms with E-state index in [2.05, 4.69) is 66.5 Å². The number of amides is 1. The van der Waals surface area contributed by atoms with Crippen LogP contribution in [0.15, 0.2) is 60.7 Å². The number of hydrogen-bond acceptors (Lipinski definition) is 2. The molecular formula is C31H34Cl2N2O. The SMILES string of the molecule is CC1(C)c2ccccc2-c2ccc(C(=O)NCCCCN3CCC(c4cccc(Cl)c4Cl)CC3)cc21. The van der Waals surface area contributed by atoms with E-state index in [1.165, 1.54) is 27.8 Å². The van der Waals surface area contributed by atoms with Gasteiger partial charge in [-0.25, -0.2) is 0 Å². The van der Waals surface area contributed by atoms with Crippen molar-refractivity contribution in [2.75, 3.05) is 26.2 Å². The lowest BCUT2D eigenvalue weighted by Gasteiger charge is -2.32. The molecule has 0 spiro atoms. The maximum Gasteiger partial charge on any atom is 0.251 e. The molecule has 0 aromatic heterocycles. The van der Waals surface area contributed by atoms with E-state index < -0.39 is 0 Å². The summed E-state index contributed by atoms with van der Waals surface area (Å²) < 4.78 is 0. The highest BCUT2D eigenvalue weighted by molar-refractivity contribution is 6.42. The van der Waals surface area contributed by atoms with Crippen LogP contribution in [0, 0.1) is 0 Å². The number of halogens is 2. The van der Waals surface area contributed by atoms with Crippen LogP contribution < -0.4 is 5.32 Å². The molecular weight excluding hydrogens is 487 g/mol. The van der Waals surface area contributed by atoms with Crippen LogP contribution in [0.1, 0.15) is 72.5 Å². The topological polar surface area (TPSA) is 32.3 Å². The Kier molecular flexibility index (Phi) is 7.44. The van der Waals surface area contributed by atoms with E-state index in [0.717, 1.165) is 50.9 Å². The van der Waals surface area contributed by atoms with Crippen LogP contribution in [0.4, 0.5) is 0 Å². The second-order valence-corrected chi connectivity index (χ2v) is 11.4. The minimum atomic E-state index is -0.0895. The average molecular weight is 522 g/mol. The number of benzene rings is 3. The van der Waals surface area contributed by atoms with Crippen LogP contribution in [-0.4, -0.2) is 37.0 Å². The summed E-state index contributed by atoms with van der Waals surface area (Å²) >= 11 is 12.6. The zero-order chi connectivity index (χ0) is 25.3. The molecule has 3 aromatic carbocycles. The van der Waals surface area contributed by atoms with Crippen LogP contribution in [0.2, 0.25) is 10.0 Å². The first-order chi connectivity index (χ1) is 17.4. The minimum absolute atomic E-state index is 0.0174. The Balaban J connectivity index is 1.07. The molecule has 0 saturated carbocycles. The number of fused-ring (bicyclic) bond motifs is 3. The normalized spacial score (nSPS) is 17.0. The van der Waals surface area contributed by atoms with Crippen molar-refractivity contribution in [2.24, 2.45) is 0 Å². The number of hydrogen-bond donors (Lipinski definition) is 1. The van der Waals surface area contributed by atoms with Crippen LogP contribution >= 0.6 is 23.2 Å². The smallest absolute Gasteiger partial charge is 0.251 e. The molecule has 5 heteroatoms. The molecule has 3 nitrogen and oxygen atoms in total. The van der Waals surface area contributed by atoms with Gasteiger partial charge in [0.25, 0.3) is 5.91 Å². The van der Waals surface area contributed by atoms with E-state index in [4.69, 9.17) is 23.2 Å². The third-order valence-electron chi connectivity index (χ3n) is 8.04. The molecule has 2 aliphatic rings. The number of unbranched alkanes of at least 4 members (excludes halogenated alkanes) is 1. The van der Waals surface area contributed by atoms with Gasteiger partial charge in [0.2, 0.25) is 0 Å². The summed E-state index contributed by atoms with van der Waals surface area (Å²) in [6.07, 6.45) is 4.27. The first-order valence-corrected chi connectivity index (χ1v) is 13.8. The fourth-order valence-corrected chi connectivity index (χ4v) is 6.38. The molecule has 0 radical (unpaired) electrons. The molecule has 1 N–H and O–H groups in total. The molecule has 1 aliphatic carbocycles. The van der Waals surface area contributed by atoms with Gasteiger partial charge in [0, 0.05) is 17.5 Å². The van der Waals surface area contributed by atoms with Crippen LogP contribution in [-0.2, 0) is 5.41 Å². The number of piperidine rings is 1. The molecule has 1 aliphatic heterocycles. The first-order valence-electron chi connectivity index (χ1n) is 13.0. The van der Waals surface area contributed by atoms with E-state index in [-0.39, 0.29) is 11.3 Å². The second-order valence-electron chi connectivity index (χ2n) is 10.7. The summed E-state index contributed by atoms with van der Waals surface area (Å²) in [6.45, 7) is 8.41. The fraction of sp³-hybridized carbons (Fsp3) is 0.387. The fourth-order valence-electron chi connectivity index (χ4n) is 5.91. The number of nitrogens with zero attached hydrogens (tertiary/aromatic N) is 1. The van der Waals surface area contributed by atoms with Crippen molar-refractivity contribution in [1.82, 2.24) is 10.2 Å². The van der Waals surface area contributed by atoms with E-state index in [1.807, 2.05) is 18.2 Å². The van der Waals surface area contributed by atoms with Crippen LogP contribution in [0.5, 0.6) is 0 Å². The van der Waals surface area contributed by atoms with Crippen LogP contribution in [0.3, 0.4) is 0 Å². The summed E-state index contributed by atoms with van der Waals surface area (Å²) in [5, 5.41) is 4.49. The molecule has 0 atom stereocenters. The molecule has 5 rings (SSSR count). The quantitative estimate of drug-likeness (QED) is 0.323. The molecule has 1 fully saturated rings. The number of nitrogens with one attached hydrogen (secondary N) is 1. The molecule has 1 heterocycles. The van der Waals surface area contributed by atoms with Crippen molar-refractivity contribution < 1.29 is 4.79 Å². The monoisotopic (exact) mass is 520 g/mol. The predicted octanol–water partition coefficient (Wildman–Crippen LogP) is 7.69. The molecule has 1 saturated heterocycles. The van der Waals surface area contributed by atoms with Gasteiger partial charge >= 0.3 is 0 Å². The third kappa shape index (κ3) is 4.94.